The highest BCUT2D eigenvalue weighted by Gasteiger charge is 2.20. The summed E-state index contributed by atoms with van der Waals surface area (Å²) in [6, 6.07) is 0.606. The van der Waals surface area contributed by atoms with Gasteiger partial charge in [-0.3, -0.25) is 0 Å². The van der Waals surface area contributed by atoms with Gasteiger partial charge in [0.05, 0.1) is 0 Å². The summed E-state index contributed by atoms with van der Waals surface area (Å²) in [5.41, 5.74) is 6.45. The van der Waals surface area contributed by atoms with Crippen molar-refractivity contribution in [2.75, 3.05) is 13.6 Å². The summed E-state index contributed by atoms with van der Waals surface area (Å²) in [5.74, 6) is 0.711. The Balaban J connectivity index is 2.30. The fourth-order valence-electron chi connectivity index (χ4n) is 0.960. The van der Waals surface area contributed by atoms with Gasteiger partial charge in [0.2, 0.25) is 0 Å². The van der Waals surface area contributed by atoms with Crippen LogP contribution in [-0.2, 0) is 0 Å². The van der Waals surface area contributed by atoms with Crippen LogP contribution in [0.3, 0.4) is 0 Å². The molecule has 3 nitrogen and oxygen atoms in total. The topological polar surface area (TPSA) is 27.3 Å². The van der Waals surface area contributed by atoms with Crippen molar-refractivity contribution in [3.05, 3.63) is 0 Å². The molecular formula is C6H15N3. The molecule has 0 saturated carbocycles. The van der Waals surface area contributed by atoms with E-state index in [0.717, 1.165) is 6.54 Å². The van der Waals surface area contributed by atoms with Crippen LogP contribution in [0.25, 0.3) is 0 Å². The molecule has 0 amide bonds. The highest BCUT2D eigenvalue weighted by atomic mass is 15.8. The maximum Gasteiger partial charge on any atom is 0.0390 e. The molecule has 1 rings (SSSR count). The molecule has 0 radical (unpaired) electrons. The summed E-state index contributed by atoms with van der Waals surface area (Å²) in [5, 5.41) is 1.92. The molecule has 0 aromatic rings. The third-order valence-corrected chi connectivity index (χ3v) is 1.71. The lowest BCUT2D eigenvalue weighted by Gasteiger charge is -2.13. The normalized spacial score (nSPS) is 30.0. The first-order valence-electron chi connectivity index (χ1n) is 3.43. The first kappa shape index (κ1) is 6.99. The molecule has 2 N–H and O–H groups in total. The van der Waals surface area contributed by atoms with Gasteiger partial charge in [-0.15, -0.1) is 0 Å². The number of hydrazine groups is 2. The molecule has 3 heteroatoms. The number of nitrogens with one attached hydrogen (secondary N) is 2. The standard InChI is InChI=1S/C6H15N3/c1-5(2)6-4-7-9(3)8-6/h5-8H,4H2,1-3H3. The molecule has 1 fully saturated rings. The summed E-state index contributed by atoms with van der Waals surface area (Å²) in [4.78, 5) is 0. The quantitative estimate of drug-likeness (QED) is 0.520. The molecule has 0 spiro atoms. The van der Waals surface area contributed by atoms with Gasteiger partial charge in [0, 0.05) is 19.6 Å². The molecule has 0 bridgehead atoms. The molecule has 9 heavy (non-hydrogen) atoms. The van der Waals surface area contributed by atoms with E-state index in [9.17, 15) is 0 Å². The van der Waals surface area contributed by atoms with Crippen molar-refractivity contribution >= 4 is 0 Å². The Hall–Kier alpha value is -0.120. The van der Waals surface area contributed by atoms with E-state index in [1.54, 1.807) is 0 Å². The molecule has 1 unspecified atom stereocenters. The van der Waals surface area contributed by atoms with Gasteiger partial charge in [0.25, 0.3) is 0 Å². The summed E-state index contributed by atoms with van der Waals surface area (Å²) in [7, 11) is 1.99. The van der Waals surface area contributed by atoms with Crippen LogP contribution in [0.5, 0.6) is 0 Å². The van der Waals surface area contributed by atoms with E-state index in [4.69, 9.17) is 0 Å². The zero-order valence-corrected chi connectivity index (χ0v) is 6.31. The van der Waals surface area contributed by atoms with E-state index in [2.05, 4.69) is 24.7 Å². The highest BCUT2D eigenvalue weighted by molar-refractivity contribution is 4.74. The van der Waals surface area contributed by atoms with Crippen molar-refractivity contribution in [1.82, 2.24) is 16.0 Å². The van der Waals surface area contributed by atoms with Crippen molar-refractivity contribution in [1.29, 1.82) is 0 Å². The largest absolute Gasteiger partial charge is 0.240 e. The zero-order valence-electron chi connectivity index (χ0n) is 6.31. The minimum Gasteiger partial charge on any atom is -0.240 e. The van der Waals surface area contributed by atoms with Crippen LogP contribution in [0.15, 0.2) is 0 Å². The van der Waals surface area contributed by atoms with Crippen molar-refractivity contribution in [3.63, 3.8) is 0 Å². The number of hydrogen-bond donors (Lipinski definition) is 2. The third-order valence-electron chi connectivity index (χ3n) is 1.71. The fourth-order valence-corrected chi connectivity index (χ4v) is 0.960. The van der Waals surface area contributed by atoms with Gasteiger partial charge in [-0.2, -0.15) is 5.12 Å². The molecule has 1 saturated heterocycles. The van der Waals surface area contributed by atoms with Crippen LogP contribution in [0, 0.1) is 5.92 Å². The van der Waals surface area contributed by atoms with Crippen LogP contribution in [0.4, 0.5) is 0 Å². The molecule has 0 aromatic heterocycles. The van der Waals surface area contributed by atoms with Gasteiger partial charge in [-0.05, 0) is 5.92 Å². The Labute approximate surface area is 56.4 Å². The first-order valence-corrected chi connectivity index (χ1v) is 3.43. The van der Waals surface area contributed by atoms with E-state index in [1.807, 2.05) is 12.2 Å². The van der Waals surface area contributed by atoms with Crippen molar-refractivity contribution in [2.24, 2.45) is 5.92 Å². The van der Waals surface area contributed by atoms with Gasteiger partial charge in [-0.1, -0.05) is 13.8 Å². The van der Waals surface area contributed by atoms with Gasteiger partial charge in [-0.25, -0.2) is 10.9 Å². The average molecular weight is 129 g/mol. The van der Waals surface area contributed by atoms with E-state index in [0.29, 0.717) is 12.0 Å². The Kier molecular flexibility index (Phi) is 2.05. The van der Waals surface area contributed by atoms with Gasteiger partial charge < -0.3 is 0 Å². The van der Waals surface area contributed by atoms with Crippen LogP contribution < -0.4 is 10.9 Å². The average Bonchev–Trinajstić information content (AvgIpc) is 2.14. The second kappa shape index (κ2) is 2.64. The van der Waals surface area contributed by atoms with Crippen LogP contribution in [0.2, 0.25) is 0 Å². The van der Waals surface area contributed by atoms with Crippen LogP contribution in [-0.4, -0.2) is 24.8 Å². The first-order chi connectivity index (χ1) is 4.20. The van der Waals surface area contributed by atoms with E-state index >= 15 is 0 Å². The minimum atomic E-state index is 0.606. The van der Waals surface area contributed by atoms with Gasteiger partial charge in [0.1, 0.15) is 0 Å². The molecular weight excluding hydrogens is 114 g/mol. The van der Waals surface area contributed by atoms with Gasteiger partial charge >= 0.3 is 0 Å². The molecule has 1 heterocycles. The highest BCUT2D eigenvalue weighted by Crippen LogP contribution is 2.03. The third kappa shape index (κ3) is 1.64. The maximum absolute atomic E-state index is 3.28. The zero-order chi connectivity index (χ0) is 6.85. The fraction of sp³-hybridized carbons (Fsp3) is 1.00. The Morgan fingerprint density at radius 2 is 2.22 bits per heavy atom. The minimum absolute atomic E-state index is 0.606. The second-order valence-electron chi connectivity index (χ2n) is 2.90. The Bertz CT molecular complexity index is 92.3. The summed E-state index contributed by atoms with van der Waals surface area (Å²) >= 11 is 0. The number of rotatable bonds is 1. The molecule has 0 aromatic carbocycles. The molecule has 1 aliphatic heterocycles. The van der Waals surface area contributed by atoms with Crippen molar-refractivity contribution in [2.45, 2.75) is 19.9 Å². The maximum atomic E-state index is 3.28. The number of hydrogen-bond acceptors (Lipinski definition) is 3. The molecule has 1 atom stereocenters. The predicted molar refractivity (Wildman–Crippen MR) is 37.5 cm³/mol. The van der Waals surface area contributed by atoms with E-state index in [-0.39, 0.29) is 0 Å². The van der Waals surface area contributed by atoms with Crippen LogP contribution in [0.1, 0.15) is 13.8 Å². The van der Waals surface area contributed by atoms with E-state index in [1.165, 1.54) is 0 Å². The summed E-state index contributed by atoms with van der Waals surface area (Å²) in [6.45, 7) is 5.49. The Morgan fingerprint density at radius 1 is 1.56 bits per heavy atom. The Morgan fingerprint density at radius 3 is 2.44 bits per heavy atom. The van der Waals surface area contributed by atoms with Crippen LogP contribution >= 0.6 is 0 Å². The monoisotopic (exact) mass is 129 g/mol. The number of nitrogens with zero attached hydrogens (tertiary/aromatic N) is 1. The van der Waals surface area contributed by atoms with E-state index < -0.39 is 0 Å². The van der Waals surface area contributed by atoms with Crippen molar-refractivity contribution < 1.29 is 0 Å². The smallest absolute Gasteiger partial charge is 0.0390 e. The summed E-state index contributed by atoms with van der Waals surface area (Å²) in [6.07, 6.45) is 0. The summed E-state index contributed by atoms with van der Waals surface area (Å²) < 4.78 is 0. The lowest BCUT2D eigenvalue weighted by molar-refractivity contribution is 0.212. The molecule has 54 valence electrons. The SMILES string of the molecule is CC(C)C1CNN(C)N1. The predicted octanol–water partition coefficient (Wildman–Crippen LogP) is -0.0344. The lowest BCUT2D eigenvalue weighted by atomic mass is 10.1. The molecule has 1 aliphatic rings. The van der Waals surface area contributed by atoms with Crippen molar-refractivity contribution in [3.8, 4) is 0 Å². The second-order valence-corrected chi connectivity index (χ2v) is 2.90. The van der Waals surface area contributed by atoms with Gasteiger partial charge in [0.15, 0.2) is 0 Å². The lowest BCUT2D eigenvalue weighted by Crippen LogP contribution is -2.37. The molecule has 0 aliphatic carbocycles.